The maximum atomic E-state index is 6.34. The van der Waals surface area contributed by atoms with Crippen LogP contribution in [0.5, 0.6) is 0 Å². The van der Waals surface area contributed by atoms with Gasteiger partial charge in [-0.3, -0.25) is 0 Å². The van der Waals surface area contributed by atoms with Gasteiger partial charge in [-0.05, 0) is 56.0 Å². The molecule has 112 valence electrons. The number of allylic oxidation sites excluding steroid dienone is 2. The standard InChI is InChI=1S/C18H30OSi/c1-5-20(6-2,7-3)19-17(4)13-11-12-16-18-14-9-8-10-15-18/h8-10,13-15H,5-7,11-12,16H2,1-4H3/b17-13+. The third-order valence-electron chi connectivity index (χ3n) is 4.25. The van der Waals surface area contributed by atoms with E-state index in [-0.39, 0.29) is 0 Å². The summed E-state index contributed by atoms with van der Waals surface area (Å²) in [5, 5.41) is 0. The molecule has 1 aromatic carbocycles. The Morgan fingerprint density at radius 2 is 1.65 bits per heavy atom. The summed E-state index contributed by atoms with van der Waals surface area (Å²) in [5.41, 5.74) is 1.43. The van der Waals surface area contributed by atoms with Gasteiger partial charge in [0.05, 0.1) is 5.76 Å². The topological polar surface area (TPSA) is 9.23 Å². The number of rotatable bonds is 9. The molecule has 0 N–H and O–H groups in total. The third-order valence-corrected chi connectivity index (χ3v) is 8.88. The summed E-state index contributed by atoms with van der Waals surface area (Å²) in [4.78, 5) is 0. The molecule has 0 radical (unpaired) electrons. The van der Waals surface area contributed by atoms with E-state index < -0.39 is 8.32 Å². The van der Waals surface area contributed by atoms with E-state index in [1.807, 2.05) is 0 Å². The Kier molecular flexibility index (Phi) is 7.67. The van der Waals surface area contributed by atoms with Crippen LogP contribution in [-0.2, 0) is 10.8 Å². The van der Waals surface area contributed by atoms with Crippen LogP contribution in [0.3, 0.4) is 0 Å². The van der Waals surface area contributed by atoms with E-state index in [2.05, 4.69) is 64.1 Å². The summed E-state index contributed by atoms with van der Waals surface area (Å²) < 4.78 is 6.34. The first-order chi connectivity index (χ1) is 9.65. The zero-order valence-electron chi connectivity index (χ0n) is 13.6. The molecule has 0 spiro atoms. The Bertz CT molecular complexity index is 385. The Balaban J connectivity index is 2.38. The van der Waals surface area contributed by atoms with Crippen LogP contribution in [0.25, 0.3) is 0 Å². The van der Waals surface area contributed by atoms with Gasteiger partial charge in [0.15, 0.2) is 0 Å². The van der Waals surface area contributed by atoms with Gasteiger partial charge in [-0.25, -0.2) is 0 Å². The molecule has 0 aliphatic heterocycles. The molecule has 0 heterocycles. The van der Waals surface area contributed by atoms with Gasteiger partial charge in [-0.1, -0.05) is 51.1 Å². The van der Waals surface area contributed by atoms with Crippen LogP contribution in [0, 0.1) is 0 Å². The van der Waals surface area contributed by atoms with Gasteiger partial charge < -0.3 is 4.43 Å². The van der Waals surface area contributed by atoms with E-state index in [1.165, 1.54) is 30.1 Å². The largest absolute Gasteiger partial charge is 0.547 e. The van der Waals surface area contributed by atoms with Crippen molar-refractivity contribution in [3.8, 4) is 0 Å². The lowest BCUT2D eigenvalue weighted by Crippen LogP contribution is -2.34. The van der Waals surface area contributed by atoms with Crippen LogP contribution >= 0.6 is 0 Å². The summed E-state index contributed by atoms with van der Waals surface area (Å²) in [5.74, 6) is 1.15. The lowest BCUT2D eigenvalue weighted by Gasteiger charge is -2.29. The zero-order chi connectivity index (χ0) is 14.8. The number of unbranched alkanes of at least 4 members (excludes halogenated alkanes) is 1. The number of hydrogen-bond acceptors (Lipinski definition) is 1. The second-order valence-corrected chi connectivity index (χ2v) is 10.2. The molecule has 0 amide bonds. The fourth-order valence-electron chi connectivity index (χ4n) is 2.61. The normalized spacial score (nSPS) is 12.5. The highest BCUT2D eigenvalue weighted by Gasteiger charge is 2.30. The number of aryl methyl sites for hydroxylation is 1. The van der Waals surface area contributed by atoms with Crippen molar-refractivity contribution < 1.29 is 4.43 Å². The quantitative estimate of drug-likeness (QED) is 0.311. The zero-order valence-corrected chi connectivity index (χ0v) is 14.6. The maximum Gasteiger partial charge on any atom is 0.250 e. The Hall–Kier alpha value is -1.02. The van der Waals surface area contributed by atoms with E-state index in [9.17, 15) is 0 Å². The highest BCUT2D eigenvalue weighted by atomic mass is 28.4. The molecular weight excluding hydrogens is 260 g/mol. The lowest BCUT2D eigenvalue weighted by atomic mass is 10.1. The highest BCUT2D eigenvalue weighted by Crippen LogP contribution is 2.24. The summed E-state index contributed by atoms with van der Waals surface area (Å²) in [6, 6.07) is 14.4. The third kappa shape index (κ3) is 5.54. The van der Waals surface area contributed by atoms with Crippen LogP contribution in [0.1, 0.15) is 46.1 Å². The molecule has 0 unspecified atom stereocenters. The van der Waals surface area contributed by atoms with Crippen LogP contribution in [0.4, 0.5) is 0 Å². The molecule has 0 fully saturated rings. The molecule has 1 rings (SSSR count). The smallest absolute Gasteiger partial charge is 0.250 e. The van der Waals surface area contributed by atoms with Crippen molar-refractivity contribution >= 4 is 8.32 Å². The maximum absolute atomic E-state index is 6.34. The van der Waals surface area contributed by atoms with E-state index in [0.717, 1.165) is 18.6 Å². The molecule has 1 aromatic rings. The first-order valence-corrected chi connectivity index (χ1v) is 10.6. The van der Waals surface area contributed by atoms with Crippen LogP contribution in [-0.4, -0.2) is 8.32 Å². The van der Waals surface area contributed by atoms with Crippen molar-refractivity contribution in [2.24, 2.45) is 0 Å². The Labute approximate surface area is 126 Å². The van der Waals surface area contributed by atoms with Crippen molar-refractivity contribution in [1.29, 1.82) is 0 Å². The first kappa shape index (κ1) is 17.0. The molecule has 0 atom stereocenters. The molecule has 0 aliphatic rings. The molecule has 20 heavy (non-hydrogen) atoms. The minimum atomic E-state index is -1.47. The van der Waals surface area contributed by atoms with Crippen molar-refractivity contribution in [2.45, 2.75) is 65.1 Å². The molecule has 2 heteroatoms. The summed E-state index contributed by atoms with van der Waals surface area (Å²) >= 11 is 0. The van der Waals surface area contributed by atoms with Crippen molar-refractivity contribution in [2.75, 3.05) is 0 Å². The number of benzene rings is 1. The first-order valence-electron chi connectivity index (χ1n) is 8.05. The molecule has 1 nitrogen and oxygen atoms in total. The van der Waals surface area contributed by atoms with Crippen molar-refractivity contribution in [3.63, 3.8) is 0 Å². The van der Waals surface area contributed by atoms with Crippen LogP contribution < -0.4 is 0 Å². The molecule has 0 saturated carbocycles. The van der Waals surface area contributed by atoms with E-state index in [0.29, 0.717) is 0 Å². The monoisotopic (exact) mass is 290 g/mol. The average Bonchev–Trinajstić information content (AvgIpc) is 2.50. The van der Waals surface area contributed by atoms with Gasteiger partial charge in [-0.2, -0.15) is 0 Å². The van der Waals surface area contributed by atoms with Gasteiger partial charge in [0, 0.05) is 0 Å². The fourth-order valence-corrected chi connectivity index (χ4v) is 5.31. The predicted molar refractivity (Wildman–Crippen MR) is 91.4 cm³/mol. The molecular formula is C18H30OSi. The van der Waals surface area contributed by atoms with E-state index in [4.69, 9.17) is 4.43 Å². The van der Waals surface area contributed by atoms with Gasteiger partial charge in [0.25, 0.3) is 0 Å². The van der Waals surface area contributed by atoms with Gasteiger partial charge in [-0.15, -0.1) is 0 Å². The van der Waals surface area contributed by atoms with Crippen molar-refractivity contribution in [3.05, 3.63) is 47.7 Å². The molecule has 0 saturated heterocycles. The second kappa shape index (κ2) is 9.01. The summed E-state index contributed by atoms with van der Waals surface area (Å²) in [7, 11) is -1.47. The Morgan fingerprint density at radius 3 is 2.20 bits per heavy atom. The SMILES string of the molecule is CC[Si](CC)(CC)O/C(C)=C/CCCc1ccccc1. The predicted octanol–water partition coefficient (Wildman–Crippen LogP) is 5.93. The number of hydrogen-bond donors (Lipinski definition) is 0. The molecule has 0 bridgehead atoms. The van der Waals surface area contributed by atoms with Gasteiger partial charge >= 0.3 is 0 Å². The van der Waals surface area contributed by atoms with Crippen molar-refractivity contribution in [1.82, 2.24) is 0 Å². The lowest BCUT2D eigenvalue weighted by molar-refractivity contribution is 0.403. The highest BCUT2D eigenvalue weighted by molar-refractivity contribution is 6.73. The van der Waals surface area contributed by atoms with Gasteiger partial charge in [0.2, 0.25) is 8.32 Å². The van der Waals surface area contributed by atoms with Crippen LogP contribution in [0.2, 0.25) is 18.1 Å². The fraction of sp³-hybridized carbons (Fsp3) is 0.556. The van der Waals surface area contributed by atoms with E-state index in [1.54, 1.807) is 0 Å². The average molecular weight is 291 g/mol. The summed E-state index contributed by atoms with van der Waals surface area (Å²) in [6.07, 6.45) is 5.75. The molecule has 0 aromatic heterocycles. The summed E-state index contributed by atoms with van der Waals surface area (Å²) in [6.45, 7) is 8.97. The second-order valence-electron chi connectivity index (χ2n) is 5.54. The van der Waals surface area contributed by atoms with Crippen LogP contribution in [0.15, 0.2) is 42.2 Å². The minimum absolute atomic E-state index is 1.11. The Morgan fingerprint density at radius 1 is 1.05 bits per heavy atom. The van der Waals surface area contributed by atoms with E-state index >= 15 is 0 Å². The molecule has 0 aliphatic carbocycles. The van der Waals surface area contributed by atoms with Gasteiger partial charge in [0.1, 0.15) is 0 Å². The minimum Gasteiger partial charge on any atom is -0.547 e.